The van der Waals surface area contributed by atoms with Gasteiger partial charge in [0.1, 0.15) is 0 Å². The first-order valence-electron chi connectivity index (χ1n) is 7.07. The topological polar surface area (TPSA) is 20.3 Å². The molecule has 110 valence electrons. The van der Waals surface area contributed by atoms with Crippen LogP contribution in [0.1, 0.15) is 41.3 Å². The van der Waals surface area contributed by atoms with Gasteiger partial charge in [0.2, 0.25) is 0 Å². The summed E-state index contributed by atoms with van der Waals surface area (Å²) in [6.45, 7) is 4.99. The highest BCUT2D eigenvalue weighted by molar-refractivity contribution is 14.1. The van der Waals surface area contributed by atoms with Crippen molar-refractivity contribution < 1.29 is 4.79 Å². The van der Waals surface area contributed by atoms with Crippen molar-refractivity contribution in [2.75, 3.05) is 7.05 Å². The zero-order valence-corrected chi connectivity index (χ0v) is 14.8. The van der Waals surface area contributed by atoms with Gasteiger partial charge < -0.3 is 4.90 Å². The largest absolute Gasteiger partial charge is 0.337 e. The van der Waals surface area contributed by atoms with E-state index in [1.807, 2.05) is 31.3 Å². The standard InChI is InChI=1S/C18H20INO/c1-13(2)15-6-4-14(5-7-15)12-20(3)18(21)16-8-10-17(19)11-9-16/h4-11,13H,12H2,1-3H3. The van der Waals surface area contributed by atoms with Crippen LogP contribution in [-0.4, -0.2) is 17.9 Å². The monoisotopic (exact) mass is 393 g/mol. The minimum Gasteiger partial charge on any atom is -0.337 e. The molecule has 0 aliphatic carbocycles. The van der Waals surface area contributed by atoms with Gasteiger partial charge in [-0.3, -0.25) is 4.79 Å². The molecule has 2 aromatic rings. The van der Waals surface area contributed by atoms with Crippen molar-refractivity contribution in [3.8, 4) is 0 Å². The second kappa shape index (κ2) is 7.07. The first kappa shape index (κ1) is 16.0. The summed E-state index contributed by atoms with van der Waals surface area (Å²) in [5, 5.41) is 0. The maximum absolute atomic E-state index is 12.4. The Morgan fingerprint density at radius 3 is 2.14 bits per heavy atom. The molecule has 0 aliphatic rings. The SMILES string of the molecule is CC(C)c1ccc(CN(C)C(=O)c2ccc(I)cc2)cc1. The molecule has 0 radical (unpaired) electrons. The van der Waals surface area contributed by atoms with Crippen molar-refractivity contribution in [1.29, 1.82) is 0 Å². The van der Waals surface area contributed by atoms with E-state index in [9.17, 15) is 4.79 Å². The van der Waals surface area contributed by atoms with Gasteiger partial charge in [-0.1, -0.05) is 38.1 Å². The first-order chi connectivity index (χ1) is 9.97. The van der Waals surface area contributed by atoms with Crippen LogP contribution in [0.15, 0.2) is 48.5 Å². The minimum atomic E-state index is 0.0549. The summed E-state index contributed by atoms with van der Waals surface area (Å²) in [5.41, 5.74) is 3.21. The Balaban J connectivity index is 2.05. The van der Waals surface area contributed by atoms with Crippen LogP contribution in [0.5, 0.6) is 0 Å². The van der Waals surface area contributed by atoms with Gasteiger partial charge in [-0.15, -0.1) is 0 Å². The number of benzene rings is 2. The molecule has 0 spiro atoms. The second-order valence-electron chi connectivity index (χ2n) is 5.56. The van der Waals surface area contributed by atoms with E-state index in [0.717, 1.165) is 14.7 Å². The molecule has 0 bridgehead atoms. The van der Waals surface area contributed by atoms with E-state index in [1.54, 1.807) is 4.90 Å². The van der Waals surface area contributed by atoms with Crippen LogP contribution in [0.4, 0.5) is 0 Å². The van der Waals surface area contributed by atoms with Crippen molar-refractivity contribution >= 4 is 28.5 Å². The molecular weight excluding hydrogens is 373 g/mol. The van der Waals surface area contributed by atoms with Gasteiger partial charge in [0.15, 0.2) is 0 Å². The van der Waals surface area contributed by atoms with Crippen molar-refractivity contribution in [3.63, 3.8) is 0 Å². The third-order valence-corrected chi connectivity index (χ3v) is 4.22. The van der Waals surface area contributed by atoms with Gasteiger partial charge in [-0.2, -0.15) is 0 Å². The van der Waals surface area contributed by atoms with E-state index >= 15 is 0 Å². The Bertz CT molecular complexity index is 602. The van der Waals surface area contributed by atoms with E-state index in [1.165, 1.54) is 5.56 Å². The average Bonchev–Trinajstić information content (AvgIpc) is 2.47. The quantitative estimate of drug-likeness (QED) is 0.691. The van der Waals surface area contributed by atoms with E-state index in [2.05, 4.69) is 60.7 Å². The molecule has 0 saturated heterocycles. The Morgan fingerprint density at radius 2 is 1.62 bits per heavy atom. The number of rotatable bonds is 4. The van der Waals surface area contributed by atoms with Gasteiger partial charge in [0, 0.05) is 22.7 Å². The molecule has 0 heterocycles. The van der Waals surface area contributed by atoms with Gasteiger partial charge in [-0.25, -0.2) is 0 Å². The van der Waals surface area contributed by atoms with Crippen LogP contribution in [0.3, 0.4) is 0 Å². The molecule has 0 saturated carbocycles. The van der Waals surface area contributed by atoms with Crippen LogP contribution in [0.25, 0.3) is 0 Å². The summed E-state index contributed by atoms with van der Waals surface area (Å²) in [4.78, 5) is 14.1. The fourth-order valence-electron chi connectivity index (χ4n) is 2.17. The number of carbonyl (C=O) groups excluding carboxylic acids is 1. The Hall–Kier alpha value is -1.36. The fourth-order valence-corrected chi connectivity index (χ4v) is 2.53. The number of carbonyl (C=O) groups is 1. The highest BCUT2D eigenvalue weighted by atomic mass is 127. The van der Waals surface area contributed by atoms with Crippen LogP contribution in [-0.2, 0) is 6.54 Å². The molecule has 0 aromatic heterocycles. The van der Waals surface area contributed by atoms with Gasteiger partial charge in [0.25, 0.3) is 5.91 Å². The lowest BCUT2D eigenvalue weighted by Gasteiger charge is -2.18. The maximum Gasteiger partial charge on any atom is 0.253 e. The first-order valence-corrected chi connectivity index (χ1v) is 8.15. The molecule has 0 atom stereocenters. The second-order valence-corrected chi connectivity index (χ2v) is 6.81. The highest BCUT2D eigenvalue weighted by Gasteiger charge is 2.12. The lowest BCUT2D eigenvalue weighted by Crippen LogP contribution is -2.26. The zero-order chi connectivity index (χ0) is 15.4. The summed E-state index contributed by atoms with van der Waals surface area (Å²) >= 11 is 2.24. The molecule has 3 heteroatoms. The van der Waals surface area contributed by atoms with Crippen molar-refractivity contribution in [1.82, 2.24) is 4.90 Å². The maximum atomic E-state index is 12.4. The molecule has 0 N–H and O–H groups in total. The predicted molar refractivity (Wildman–Crippen MR) is 95.5 cm³/mol. The molecule has 2 aromatic carbocycles. The van der Waals surface area contributed by atoms with Gasteiger partial charge >= 0.3 is 0 Å². The third-order valence-electron chi connectivity index (χ3n) is 3.50. The van der Waals surface area contributed by atoms with Crippen LogP contribution in [0, 0.1) is 3.57 Å². The van der Waals surface area contributed by atoms with E-state index < -0.39 is 0 Å². The number of nitrogens with zero attached hydrogens (tertiary/aromatic N) is 1. The summed E-state index contributed by atoms with van der Waals surface area (Å²) in [5.74, 6) is 0.588. The molecule has 1 amide bonds. The summed E-state index contributed by atoms with van der Waals surface area (Å²) in [6, 6.07) is 16.2. The Morgan fingerprint density at radius 1 is 1.05 bits per heavy atom. The van der Waals surface area contributed by atoms with E-state index in [4.69, 9.17) is 0 Å². The average molecular weight is 393 g/mol. The normalized spacial score (nSPS) is 10.7. The number of hydrogen-bond donors (Lipinski definition) is 0. The lowest BCUT2D eigenvalue weighted by molar-refractivity contribution is 0.0785. The molecule has 21 heavy (non-hydrogen) atoms. The smallest absolute Gasteiger partial charge is 0.253 e. The third kappa shape index (κ3) is 4.30. The molecule has 2 rings (SSSR count). The molecule has 0 fully saturated rings. The van der Waals surface area contributed by atoms with Crippen LogP contribution < -0.4 is 0 Å². The van der Waals surface area contributed by atoms with Crippen molar-refractivity contribution in [3.05, 3.63) is 68.8 Å². The number of amides is 1. The number of hydrogen-bond acceptors (Lipinski definition) is 1. The Kier molecular flexibility index (Phi) is 5.39. The minimum absolute atomic E-state index is 0.0549. The van der Waals surface area contributed by atoms with Gasteiger partial charge in [0.05, 0.1) is 0 Å². The summed E-state index contributed by atoms with van der Waals surface area (Å²) < 4.78 is 1.14. The van der Waals surface area contributed by atoms with Crippen molar-refractivity contribution in [2.45, 2.75) is 26.3 Å². The molecule has 2 nitrogen and oxygen atoms in total. The van der Waals surface area contributed by atoms with Gasteiger partial charge in [-0.05, 0) is 63.9 Å². The number of halogens is 1. The zero-order valence-electron chi connectivity index (χ0n) is 12.6. The molecular formula is C18H20INO. The summed E-state index contributed by atoms with van der Waals surface area (Å²) in [7, 11) is 1.84. The van der Waals surface area contributed by atoms with Crippen LogP contribution >= 0.6 is 22.6 Å². The van der Waals surface area contributed by atoms with E-state index in [0.29, 0.717) is 12.5 Å². The predicted octanol–water partition coefficient (Wildman–Crippen LogP) is 4.69. The highest BCUT2D eigenvalue weighted by Crippen LogP contribution is 2.16. The fraction of sp³-hybridized carbons (Fsp3) is 0.278. The molecule has 0 unspecified atom stereocenters. The van der Waals surface area contributed by atoms with Crippen LogP contribution in [0.2, 0.25) is 0 Å². The van der Waals surface area contributed by atoms with E-state index in [-0.39, 0.29) is 5.91 Å². The molecule has 0 aliphatic heterocycles. The summed E-state index contributed by atoms with van der Waals surface area (Å²) in [6.07, 6.45) is 0. The Labute approximate surface area is 140 Å². The van der Waals surface area contributed by atoms with Crippen molar-refractivity contribution in [2.24, 2.45) is 0 Å². The lowest BCUT2D eigenvalue weighted by atomic mass is 10.0.